The van der Waals surface area contributed by atoms with Crippen LogP contribution >= 0.6 is 0 Å². The second-order valence-corrected chi connectivity index (χ2v) is 8.49. The zero-order valence-corrected chi connectivity index (χ0v) is 17.0. The van der Waals surface area contributed by atoms with Gasteiger partial charge in [0.05, 0.1) is 5.92 Å². The lowest BCUT2D eigenvalue weighted by Crippen LogP contribution is -2.13. The average molecular weight is 363 g/mol. The van der Waals surface area contributed by atoms with Crippen LogP contribution in [0.15, 0.2) is 47.1 Å². The summed E-state index contributed by atoms with van der Waals surface area (Å²) in [7, 11) is 0. The van der Waals surface area contributed by atoms with Gasteiger partial charge in [-0.15, -0.1) is 6.42 Å². The van der Waals surface area contributed by atoms with Crippen molar-refractivity contribution in [2.24, 2.45) is 17.3 Å². The lowest BCUT2D eigenvalue weighted by molar-refractivity contribution is -0.145. The number of allylic oxidation sites excluding steroid dienone is 3. The molecular weight excluding hydrogens is 332 g/mol. The number of carbonyl (C=O) groups excluding carboxylic acids is 1. The number of hydrogen-bond acceptors (Lipinski definition) is 2. The summed E-state index contributed by atoms with van der Waals surface area (Å²) in [5.41, 5.74) is 5.75. The van der Waals surface area contributed by atoms with Gasteiger partial charge in [0.25, 0.3) is 0 Å². The average Bonchev–Trinajstić information content (AvgIpc) is 3.02. The molecule has 0 aromatic heterocycles. The molecule has 2 nitrogen and oxygen atoms in total. The van der Waals surface area contributed by atoms with E-state index in [9.17, 15) is 4.79 Å². The summed E-state index contributed by atoms with van der Waals surface area (Å²) in [5, 5.41) is 0. The first-order chi connectivity index (χ1) is 12.9. The Kier molecular flexibility index (Phi) is 5.61. The number of esters is 1. The number of benzene rings is 1. The third-order valence-corrected chi connectivity index (χ3v) is 6.51. The minimum Gasteiger partial charge on any atom is -0.460 e. The van der Waals surface area contributed by atoms with Crippen molar-refractivity contribution in [1.29, 1.82) is 0 Å². The summed E-state index contributed by atoms with van der Waals surface area (Å²) < 4.78 is 5.68. The van der Waals surface area contributed by atoms with Gasteiger partial charge in [-0.3, -0.25) is 4.79 Å². The number of terminal acetylenes is 1. The van der Waals surface area contributed by atoms with Crippen LogP contribution in [0.2, 0.25) is 0 Å². The molecule has 1 aromatic carbocycles. The van der Waals surface area contributed by atoms with Crippen molar-refractivity contribution in [3.05, 3.63) is 52.6 Å². The largest absolute Gasteiger partial charge is 0.460 e. The number of rotatable bonds is 5. The molecule has 0 bridgehead atoms. The fraction of sp³-hybridized carbons (Fsp3) is 0.480. The summed E-state index contributed by atoms with van der Waals surface area (Å²) in [4.78, 5) is 12.8. The quantitative estimate of drug-likeness (QED) is 0.376. The molecule has 142 valence electrons. The molecule has 2 aliphatic rings. The normalized spacial score (nSPS) is 24.0. The molecule has 2 aliphatic carbocycles. The van der Waals surface area contributed by atoms with E-state index in [0.717, 1.165) is 16.7 Å². The molecular formula is C25H30O2. The van der Waals surface area contributed by atoms with Crippen LogP contribution in [0.4, 0.5) is 0 Å². The maximum absolute atomic E-state index is 12.8. The third-order valence-electron chi connectivity index (χ3n) is 6.51. The van der Waals surface area contributed by atoms with Crippen LogP contribution in [0.3, 0.4) is 0 Å². The third kappa shape index (κ3) is 3.88. The molecule has 2 fully saturated rings. The molecule has 27 heavy (non-hydrogen) atoms. The molecule has 3 rings (SSSR count). The molecule has 0 heterocycles. The Labute approximate surface area is 163 Å². The van der Waals surface area contributed by atoms with E-state index in [1.54, 1.807) is 5.57 Å². The molecule has 2 saturated carbocycles. The second kappa shape index (κ2) is 7.77. The summed E-state index contributed by atoms with van der Waals surface area (Å²) in [5.74, 6) is 2.85. The maximum atomic E-state index is 12.8. The molecule has 0 N–H and O–H groups in total. The summed E-state index contributed by atoms with van der Waals surface area (Å²) in [6, 6.07) is 9.98. The highest BCUT2D eigenvalue weighted by molar-refractivity contribution is 5.79. The van der Waals surface area contributed by atoms with Crippen LogP contribution in [-0.2, 0) is 9.53 Å². The predicted octanol–water partition coefficient (Wildman–Crippen LogP) is 5.80. The first-order valence-corrected chi connectivity index (χ1v) is 9.94. The van der Waals surface area contributed by atoms with Gasteiger partial charge in [-0.1, -0.05) is 61.2 Å². The highest BCUT2D eigenvalue weighted by atomic mass is 16.5. The molecule has 0 radical (unpaired) electrons. The predicted molar refractivity (Wildman–Crippen MR) is 111 cm³/mol. The van der Waals surface area contributed by atoms with Gasteiger partial charge >= 0.3 is 5.97 Å². The smallest absolute Gasteiger partial charge is 0.310 e. The van der Waals surface area contributed by atoms with Crippen molar-refractivity contribution in [3.63, 3.8) is 0 Å². The highest BCUT2D eigenvalue weighted by Crippen LogP contribution is 2.63. The number of ether oxygens (including phenoxy) is 1. The lowest BCUT2D eigenvalue weighted by Gasteiger charge is -2.09. The van der Waals surface area contributed by atoms with Crippen molar-refractivity contribution in [2.45, 2.75) is 53.4 Å². The summed E-state index contributed by atoms with van der Waals surface area (Å²) >= 11 is 0. The van der Waals surface area contributed by atoms with Gasteiger partial charge in [-0.25, -0.2) is 0 Å². The van der Waals surface area contributed by atoms with Crippen molar-refractivity contribution in [2.75, 3.05) is 6.61 Å². The van der Waals surface area contributed by atoms with E-state index in [1.807, 2.05) is 37.3 Å². The zero-order chi connectivity index (χ0) is 19.6. The Bertz CT molecular complexity index is 810. The Balaban J connectivity index is 1.69. The van der Waals surface area contributed by atoms with Crippen LogP contribution in [0.1, 0.15) is 58.9 Å². The van der Waals surface area contributed by atoms with Crippen molar-refractivity contribution < 1.29 is 9.53 Å². The molecule has 2 unspecified atom stereocenters. The van der Waals surface area contributed by atoms with E-state index < -0.39 is 0 Å². The van der Waals surface area contributed by atoms with Crippen LogP contribution in [0.25, 0.3) is 5.57 Å². The standard InChI is InChI=1S/C25H30O2/c1-6-19(17(2)20-12-8-7-9-13-20)16-27-24(26)23-22(25(23,4)5)18(3)21-14-10-11-15-21/h1,7-9,12-13,22-23H,10-11,14-16H2,2-5H3/b19-17+. The van der Waals surface area contributed by atoms with Crippen LogP contribution in [-0.4, -0.2) is 12.6 Å². The second-order valence-electron chi connectivity index (χ2n) is 8.49. The van der Waals surface area contributed by atoms with E-state index in [0.29, 0.717) is 5.92 Å². The lowest BCUT2D eigenvalue weighted by atomic mass is 9.99. The van der Waals surface area contributed by atoms with E-state index >= 15 is 0 Å². The topological polar surface area (TPSA) is 26.3 Å². The van der Waals surface area contributed by atoms with E-state index in [4.69, 9.17) is 11.2 Å². The maximum Gasteiger partial charge on any atom is 0.310 e. The fourth-order valence-electron chi connectivity index (χ4n) is 4.66. The van der Waals surface area contributed by atoms with E-state index in [1.165, 1.54) is 31.3 Å². The molecule has 0 saturated heterocycles. The molecule has 0 aliphatic heterocycles. The van der Waals surface area contributed by atoms with Gasteiger partial charge in [0.2, 0.25) is 0 Å². The van der Waals surface area contributed by atoms with Gasteiger partial charge in [-0.05, 0) is 62.0 Å². The van der Waals surface area contributed by atoms with Gasteiger partial charge in [0.15, 0.2) is 0 Å². The Morgan fingerprint density at radius 1 is 1.15 bits per heavy atom. The van der Waals surface area contributed by atoms with Gasteiger partial charge in [0, 0.05) is 5.57 Å². The molecule has 2 heteroatoms. The zero-order valence-electron chi connectivity index (χ0n) is 17.0. The van der Waals surface area contributed by atoms with Gasteiger partial charge in [0.1, 0.15) is 6.61 Å². The first kappa shape index (κ1) is 19.5. The van der Waals surface area contributed by atoms with Crippen LogP contribution in [0.5, 0.6) is 0 Å². The first-order valence-electron chi connectivity index (χ1n) is 9.94. The number of hydrogen-bond donors (Lipinski definition) is 0. The van der Waals surface area contributed by atoms with Crippen molar-refractivity contribution in [1.82, 2.24) is 0 Å². The summed E-state index contributed by atoms with van der Waals surface area (Å²) in [6.07, 6.45) is 10.6. The van der Waals surface area contributed by atoms with Crippen LogP contribution in [0, 0.1) is 29.6 Å². The monoisotopic (exact) mass is 362 g/mol. The molecule has 0 amide bonds. The summed E-state index contributed by atoms with van der Waals surface area (Å²) in [6.45, 7) is 8.72. The van der Waals surface area contributed by atoms with Crippen molar-refractivity contribution in [3.8, 4) is 12.3 Å². The Morgan fingerprint density at radius 2 is 1.78 bits per heavy atom. The highest BCUT2D eigenvalue weighted by Gasteiger charge is 2.63. The van der Waals surface area contributed by atoms with Crippen LogP contribution < -0.4 is 0 Å². The van der Waals surface area contributed by atoms with E-state index in [-0.39, 0.29) is 23.9 Å². The van der Waals surface area contributed by atoms with Gasteiger partial charge < -0.3 is 4.74 Å². The molecule has 1 aromatic rings. The molecule has 0 spiro atoms. The Morgan fingerprint density at radius 3 is 2.37 bits per heavy atom. The fourth-order valence-corrected chi connectivity index (χ4v) is 4.66. The Hall–Kier alpha value is -2.27. The minimum absolute atomic E-state index is 0.0226. The minimum atomic E-state index is -0.114. The van der Waals surface area contributed by atoms with Crippen molar-refractivity contribution >= 4 is 11.5 Å². The number of carbonyl (C=O) groups is 1. The SMILES string of the molecule is C#C/C(COC(=O)C1C(C(C)=C2CCCC2)C1(C)C)=C(/C)c1ccccc1. The van der Waals surface area contributed by atoms with E-state index in [2.05, 4.69) is 26.7 Å². The molecule has 2 atom stereocenters. The van der Waals surface area contributed by atoms with Gasteiger partial charge in [-0.2, -0.15) is 0 Å².